The van der Waals surface area contributed by atoms with Crippen molar-refractivity contribution in [2.24, 2.45) is 0 Å². The monoisotopic (exact) mass is 316 g/mol. The molecule has 0 unspecified atom stereocenters. The Kier molecular flexibility index (Phi) is 3.36. The Hall–Kier alpha value is -1.65. The molecular formula is C15H13BrN2O. The van der Waals surface area contributed by atoms with Crippen molar-refractivity contribution in [3.05, 3.63) is 64.5 Å². The number of aromatic nitrogens is 2. The maximum atomic E-state index is 9.45. The lowest BCUT2D eigenvalue weighted by Crippen LogP contribution is -2.02. The van der Waals surface area contributed by atoms with E-state index in [2.05, 4.69) is 37.6 Å². The molecule has 0 radical (unpaired) electrons. The van der Waals surface area contributed by atoms with Gasteiger partial charge in [0, 0.05) is 22.4 Å². The quantitative estimate of drug-likeness (QED) is 0.804. The fourth-order valence-corrected chi connectivity index (χ4v) is 2.51. The van der Waals surface area contributed by atoms with Crippen LogP contribution >= 0.6 is 15.9 Å². The molecule has 2 heterocycles. The first-order chi connectivity index (χ1) is 9.28. The molecule has 3 nitrogen and oxygen atoms in total. The van der Waals surface area contributed by atoms with Crippen molar-refractivity contribution in [1.29, 1.82) is 0 Å². The van der Waals surface area contributed by atoms with Gasteiger partial charge in [0.25, 0.3) is 0 Å². The summed E-state index contributed by atoms with van der Waals surface area (Å²) in [5.41, 5.74) is 3.02. The van der Waals surface area contributed by atoms with E-state index in [9.17, 15) is 5.11 Å². The predicted molar refractivity (Wildman–Crippen MR) is 78.9 cm³/mol. The largest absolute Gasteiger partial charge is 0.392 e. The number of pyridine rings is 1. The number of hydrogen-bond acceptors (Lipinski definition) is 2. The standard InChI is InChI=1S/C15H13BrN2O/c16-13-4-5-14(17-8-13)9-18-7-6-11-2-1-3-12(10-19)15(11)18/h1-8,19H,9-10H2. The van der Waals surface area contributed by atoms with Crippen LogP contribution in [0, 0.1) is 0 Å². The minimum absolute atomic E-state index is 0.0507. The number of benzene rings is 1. The van der Waals surface area contributed by atoms with Gasteiger partial charge in [0.05, 0.1) is 24.4 Å². The average Bonchev–Trinajstić information content (AvgIpc) is 2.85. The third-order valence-corrected chi connectivity index (χ3v) is 3.63. The Morgan fingerprint density at radius 1 is 1.16 bits per heavy atom. The highest BCUT2D eigenvalue weighted by atomic mass is 79.9. The molecule has 0 amide bonds. The van der Waals surface area contributed by atoms with Crippen LogP contribution in [0.3, 0.4) is 0 Å². The van der Waals surface area contributed by atoms with Crippen molar-refractivity contribution in [2.45, 2.75) is 13.2 Å². The van der Waals surface area contributed by atoms with E-state index in [4.69, 9.17) is 0 Å². The van der Waals surface area contributed by atoms with Crippen molar-refractivity contribution in [2.75, 3.05) is 0 Å². The summed E-state index contributed by atoms with van der Waals surface area (Å²) in [6.45, 7) is 0.753. The summed E-state index contributed by atoms with van der Waals surface area (Å²) < 4.78 is 3.10. The molecule has 0 aliphatic carbocycles. The first kappa shape index (κ1) is 12.4. The van der Waals surface area contributed by atoms with Crippen LogP contribution in [0.15, 0.2) is 53.3 Å². The zero-order valence-corrected chi connectivity index (χ0v) is 11.8. The third-order valence-electron chi connectivity index (χ3n) is 3.16. The Labute approximate surface area is 119 Å². The highest BCUT2D eigenvalue weighted by Gasteiger charge is 2.06. The van der Waals surface area contributed by atoms with E-state index in [1.54, 1.807) is 6.20 Å². The van der Waals surface area contributed by atoms with Gasteiger partial charge >= 0.3 is 0 Å². The second-order valence-electron chi connectivity index (χ2n) is 4.42. The summed E-state index contributed by atoms with van der Waals surface area (Å²) in [7, 11) is 0. The molecule has 4 heteroatoms. The van der Waals surface area contributed by atoms with E-state index in [0.717, 1.165) is 26.6 Å². The van der Waals surface area contributed by atoms with Crippen molar-refractivity contribution in [3.63, 3.8) is 0 Å². The van der Waals surface area contributed by atoms with Gasteiger partial charge in [-0.2, -0.15) is 0 Å². The molecule has 0 saturated carbocycles. The van der Waals surface area contributed by atoms with E-state index < -0.39 is 0 Å². The molecule has 19 heavy (non-hydrogen) atoms. The van der Waals surface area contributed by atoms with Crippen LogP contribution in [0.4, 0.5) is 0 Å². The lowest BCUT2D eigenvalue weighted by atomic mass is 10.1. The Balaban J connectivity index is 2.03. The highest BCUT2D eigenvalue weighted by molar-refractivity contribution is 9.10. The Morgan fingerprint density at radius 3 is 2.79 bits per heavy atom. The zero-order valence-electron chi connectivity index (χ0n) is 10.3. The van der Waals surface area contributed by atoms with Crippen LogP contribution in [0.2, 0.25) is 0 Å². The fraction of sp³-hybridized carbons (Fsp3) is 0.133. The maximum Gasteiger partial charge on any atom is 0.0702 e. The van der Waals surface area contributed by atoms with E-state index in [-0.39, 0.29) is 6.61 Å². The van der Waals surface area contributed by atoms with E-state index in [0.29, 0.717) is 6.54 Å². The molecule has 2 aromatic heterocycles. The minimum Gasteiger partial charge on any atom is -0.392 e. The number of halogens is 1. The SMILES string of the molecule is OCc1cccc2ccn(Cc3ccc(Br)cn3)c12. The number of aliphatic hydroxyl groups is 1. The summed E-state index contributed by atoms with van der Waals surface area (Å²) in [5.74, 6) is 0. The van der Waals surface area contributed by atoms with Crippen molar-refractivity contribution < 1.29 is 5.11 Å². The topological polar surface area (TPSA) is 38.0 Å². The van der Waals surface area contributed by atoms with Crippen LogP contribution < -0.4 is 0 Å². The first-order valence-electron chi connectivity index (χ1n) is 6.06. The molecule has 96 valence electrons. The number of para-hydroxylation sites is 1. The number of aliphatic hydroxyl groups excluding tert-OH is 1. The normalized spacial score (nSPS) is 11.1. The van der Waals surface area contributed by atoms with Gasteiger partial charge in [-0.3, -0.25) is 4.98 Å². The van der Waals surface area contributed by atoms with Gasteiger partial charge in [-0.05, 0) is 39.5 Å². The van der Waals surface area contributed by atoms with Gasteiger partial charge in [0.2, 0.25) is 0 Å². The smallest absolute Gasteiger partial charge is 0.0702 e. The first-order valence-corrected chi connectivity index (χ1v) is 6.85. The Morgan fingerprint density at radius 2 is 2.05 bits per heavy atom. The second-order valence-corrected chi connectivity index (χ2v) is 5.34. The lowest BCUT2D eigenvalue weighted by Gasteiger charge is -2.08. The van der Waals surface area contributed by atoms with Crippen molar-refractivity contribution >= 4 is 26.8 Å². The van der Waals surface area contributed by atoms with Crippen LogP contribution in [-0.2, 0) is 13.2 Å². The van der Waals surface area contributed by atoms with Gasteiger partial charge < -0.3 is 9.67 Å². The number of fused-ring (bicyclic) bond motifs is 1. The molecule has 1 aromatic carbocycles. The summed E-state index contributed by atoms with van der Waals surface area (Å²) in [5, 5.41) is 10.6. The molecule has 0 bridgehead atoms. The van der Waals surface area contributed by atoms with Crippen LogP contribution in [0.25, 0.3) is 10.9 Å². The summed E-state index contributed by atoms with van der Waals surface area (Å²) in [4.78, 5) is 4.39. The second kappa shape index (κ2) is 5.15. The fourth-order valence-electron chi connectivity index (χ4n) is 2.27. The van der Waals surface area contributed by atoms with Crippen LogP contribution in [-0.4, -0.2) is 14.7 Å². The summed E-state index contributed by atoms with van der Waals surface area (Å²) >= 11 is 3.38. The molecule has 0 atom stereocenters. The van der Waals surface area contributed by atoms with Gasteiger partial charge in [0.15, 0.2) is 0 Å². The highest BCUT2D eigenvalue weighted by Crippen LogP contribution is 2.21. The van der Waals surface area contributed by atoms with Crippen molar-refractivity contribution in [1.82, 2.24) is 9.55 Å². The van der Waals surface area contributed by atoms with Crippen LogP contribution in [0.1, 0.15) is 11.3 Å². The third kappa shape index (κ3) is 2.41. The predicted octanol–water partition coefficient (Wildman–Crippen LogP) is 3.34. The van der Waals surface area contributed by atoms with Gasteiger partial charge in [0.1, 0.15) is 0 Å². The van der Waals surface area contributed by atoms with Gasteiger partial charge in [-0.25, -0.2) is 0 Å². The summed E-state index contributed by atoms with van der Waals surface area (Å²) in [6.07, 6.45) is 3.83. The molecule has 0 saturated heterocycles. The number of rotatable bonds is 3. The molecule has 0 spiro atoms. The Bertz CT molecular complexity index is 704. The zero-order chi connectivity index (χ0) is 13.2. The van der Waals surface area contributed by atoms with Crippen molar-refractivity contribution in [3.8, 4) is 0 Å². The molecular weight excluding hydrogens is 304 g/mol. The van der Waals surface area contributed by atoms with E-state index >= 15 is 0 Å². The average molecular weight is 317 g/mol. The molecule has 1 N–H and O–H groups in total. The van der Waals surface area contributed by atoms with Gasteiger partial charge in [-0.15, -0.1) is 0 Å². The summed E-state index contributed by atoms with van der Waals surface area (Å²) in [6, 6.07) is 12.0. The molecule has 3 rings (SSSR count). The molecule has 0 fully saturated rings. The van der Waals surface area contributed by atoms with E-state index in [1.807, 2.05) is 30.5 Å². The van der Waals surface area contributed by atoms with Gasteiger partial charge in [-0.1, -0.05) is 18.2 Å². The minimum atomic E-state index is 0.0507. The molecule has 0 aliphatic heterocycles. The van der Waals surface area contributed by atoms with Crippen LogP contribution in [0.5, 0.6) is 0 Å². The molecule has 0 aliphatic rings. The number of hydrogen-bond donors (Lipinski definition) is 1. The maximum absolute atomic E-state index is 9.45. The molecule has 3 aromatic rings. The number of nitrogens with zero attached hydrogens (tertiary/aromatic N) is 2. The van der Waals surface area contributed by atoms with E-state index in [1.165, 1.54) is 0 Å². The lowest BCUT2D eigenvalue weighted by molar-refractivity contribution is 0.283.